The highest BCUT2D eigenvalue weighted by Gasteiger charge is 2.06. The molecule has 0 atom stereocenters. The van der Waals surface area contributed by atoms with E-state index in [1.54, 1.807) is 7.11 Å². The topological polar surface area (TPSA) is 31.4 Å². The molecular weight excluding hydrogens is 290 g/mol. The molecule has 0 fully saturated rings. The van der Waals surface area contributed by atoms with Crippen LogP contribution < -0.4 is 9.47 Å². The minimum Gasteiger partial charge on any atom is -0.497 e. The van der Waals surface area contributed by atoms with E-state index in [1.807, 2.05) is 30.5 Å². The lowest BCUT2D eigenvalue weighted by Crippen LogP contribution is -1.87. The number of halogens is 1. The van der Waals surface area contributed by atoms with Crippen molar-refractivity contribution in [1.29, 1.82) is 0 Å². The average molecular weight is 300 g/mol. The van der Waals surface area contributed by atoms with E-state index in [1.165, 1.54) is 11.3 Å². The number of aryl methyl sites for hydroxylation is 1. The number of rotatable bonds is 3. The first-order chi connectivity index (χ1) is 7.69. The fraction of sp³-hybridized carbons (Fsp3) is 0.182. The van der Waals surface area contributed by atoms with E-state index in [9.17, 15) is 0 Å². The summed E-state index contributed by atoms with van der Waals surface area (Å²) in [6.45, 7) is 1.94. The van der Waals surface area contributed by atoms with Crippen LogP contribution in [0.2, 0.25) is 0 Å². The zero-order chi connectivity index (χ0) is 11.5. The van der Waals surface area contributed by atoms with Crippen molar-refractivity contribution >= 4 is 27.3 Å². The summed E-state index contributed by atoms with van der Waals surface area (Å²) in [7, 11) is 1.63. The van der Waals surface area contributed by atoms with Gasteiger partial charge in [0, 0.05) is 5.38 Å². The Balaban J connectivity index is 2.21. The van der Waals surface area contributed by atoms with E-state index < -0.39 is 0 Å². The molecule has 84 valence electrons. The highest BCUT2D eigenvalue weighted by atomic mass is 79.9. The predicted octanol–water partition coefficient (Wildman–Crippen LogP) is 4.01. The van der Waals surface area contributed by atoms with Crippen LogP contribution in [0.25, 0.3) is 0 Å². The Labute approximate surface area is 106 Å². The third kappa shape index (κ3) is 2.54. The molecule has 1 aromatic heterocycles. The molecule has 3 nitrogen and oxygen atoms in total. The number of ether oxygens (including phenoxy) is 2. The van der Waals surface area contributed by atoms with Crippen LogP contribution in [0.3, 0.4) is 0 Å². The lowest BCUT2D eigenvalue weighted by atomic mass is 10.3. The van der Waals surface area contributed by atoms with Gasteiger partial charge in [0.1, 0.15) is 11.5 Å². The maximum Gasteiger partial charge on any atom is 0.278 e. The summed E-state index contributed by atoms with van der Waals surface area (Å²) in [6.07, 6.45) is 0. The third-order valence-electron chi connectivity index (χ3n) is 1.93. The third-order valence-corrected chi connectivity index (χ3v) is 3.39. The zero-order valence-electron chi connectivity index (χ0n) is 8.86. The minimum atomic E-state index is 0.642. The van der Waals surface area contributed by atoms with Crippen LogP contribution in [-0.2, 0) is 0 Å². The summed E-state index contributed by atoms with van der Waals surface area (Å²) in [5.74, 6) is 1.52. The first-order valence-electron chi connectivity index (χ1n) is 4.62. The van der Waals surface area contributed by atoms with Crippen molar-refractivity contribution in [2.24, 2.45) is 0 Å². The van der Waals surface area contributed by atoms with E-state index >= 15 is 0 Å². The highest BCUT2D eigenvalue weighted by molar-refractivity contribution is 9.10. The molecule has 1 aromatic carbocycles. The first-order valence-corrected chi connectivity index (χ1v) is 6.30. The quantitative estimate of drug-likeness (QED) is 0.858. The lowest BCUT2D eigenvalue weighted by Gasteiger charge is -2.06. The van der Waals surface area contributed by atoms with Crippen LogP contribution in [-0.4, -0.2) is 12.1 Å². The van der Waals surface area contributed by atoms with Crippen LogP contribution >= 0.6 is 27.3 Å². The van der Waals surface area contributed by atoms with Gasteiger partial charge in [0.25, 0.3) is 5.19 Å². The lowest BCUT2D eigenvalue weighted by molar-refractivity contribution is 0.412. The van der Waals surface area contributed by atoms with E-state index in [-0.39, 0.29) is 0 Å². The van der Waals surface area contributed by atoms with Crippen molar-refractivity contribution in [2.75, 3.05) is 7.11 Å². The van der Waals surface area contributed by atoms with Gasteiger partial charge in [-0.15, -0.1) is 0 Å². The zero-order valence-corrected chi connectivity index (χ0v) is 11.3. The SMILES string of the molecule is COc1ccc(Oc2nc(C)cs2)c(Br)c1. The first kappa shape index (κ1) is 11.4. The van der Waals surface area contributed by atoms with Gasteiger partial charge >= 0.3 is 0 Å². The summed E-state index contributed by atoms with van der Waals surface area (Å²) < 4.78 is 11.6. The Bertz CT molecular complexity index is 498. The number of benzene rings is 1. The second kappa shape index (κ2) is 4.84. The van der Waals surface area contributed by atoms with E-state index in [4.69, 9.17) is 9.47 Å². The molecule has 0 aliphatic heterocycles. The molecule has 2 aromatic rings. The maximum atomic E-state index is 5.63. The molecule has 0 saturated carbocycles. The second-order valence-corrected chi connectivity index (χ2v) is 4.83. The summed E-state index contributed by atoms with van der Waals surface area (Å²) in [4.78, 5) is 4.23. The Morgan fingerprint density at radius 1 is 1.38 bits per heavy atom. The van der Waals surface area contributed by atoms with Gasteiger partial charge in [-0.2, -0.15) is 0 Å². The van der Waals surface area contributed by atoms with Gasteiger partial charge in [-0.25, -0.2) is 4.98 Å². The number of thiazole rings is 1. The van der Waals surface area contributed by atoms with Crippen LogP contribution in [0.5, 0.6) is 16.7 Å². The van der Waals surface area contributed by atoms with Crippen molar-refractivity contribution in [2.45, 2.75) is 6.92 Å². The normalized spacial score (nSPS) is 10.2. The molecule has 0 aliphatic carbocycles. The Hall–Kier alpha value is -1.07. The number of nitrogens with zero attached hydrogens (tertiary/aromatic N) is 1. The Kier molecular flexibility index (Phi) is 3.46. The molecule has 2 rings (SSSR count). The summed E-state index contributed by atoms with van der Waals surface area (Å²) in [5, 5.41) is 2.59. The monoisotopic (exact) mass is 299 g/mol. The highest BCUT2D eigenvalue weighted by Crippen LogP contribution is 2.33. The molecule has 0 spiro atoms. The van der Waals surface area contributed by atoms with Crippen LogP contribution in [0.4, 0.5) is 0 Å². The second-order valence-electron chi connectivity index (χ2n) is 3.15. The molecule has 0 amide bonds. The molecule has 0 radical (unpaired) electrons. The van der Waals surface area contributed by atoms with Crippen molar-refractivity contribution in [3.63, 3.8) is 0 Å². The van der Waals surface area contributed by atoms with E-state index in [0.29, 0.717) is 5.19 Å². The molecule has 0 aliphatic rings. The van der Waals surface area contributed by atoms with Crippen molar-refractivity contribution in [3.05, 3.63) is 33.7 Å². The fourth-order valence-corrected chi connectivity index (χ4v) is 2.26. The Morgan fingerprint density at radius 3 is 2.75 bits per heavy atom. The molecule has 0 saturated heterocycles. The smallest absolute Gasteiger partial charge is 0.278 e. The van der Waals surface area contributed by atoms with Crippen LogP contribution in [0, 0.1) is 6.92 Å². The van der Waals surface area contributed by atoms with Gasteiger partial charge in [-0.3, -0.25) is 0 Å². The fourth-order valence-electron chi connectivity index (χ4n) is 1.16. The van der Waals surface area contributed by atoms with Gasteiger partial charge in [-0.1, -0.05) is 11.3 Å². The molecule has 1 heterocycles. The van der Waals surface area contributed by atoms with Gasteiger partial charge in [-0.05, 0) is 41.1 Å². The molecule has 0 unspecified atom stereocenters. The van der Waals surface area contributed by atoms with Crippen molar-refractivity contribution in [1.82, 2.24) is 4.98 Å². The molecule has 16 heavy (non-hydrogen) atoms. The number of aromatic nitrogens is 1. The van der Waals surface area contributed by atoms with Gasteiger partial charge in [0.05, 0.1) is 17.3 Å². The van der Waals surface area contributed by atoms with Crippen molar-refractivity contribution < 1.29 is 9.47 Å². The Morgan fingerprint density at radius 2 is 2.19 bits per heavy atom. The molecular formula is C11H10BrNO2S. The summed E-state index contributed by atoms with van der Waals surface area (Å²) >= 11 is 4.90. The number of hydrogen-bond acceptors (Lipinski definition) is 4. The maximum absolute atomic E-state index is 5.63. The van der Waals surface area contributed by atoms with E-state index in [0.717, 1.165) is 21.7 Å². The molecule has 0 N–H and O–H groups in total. The van der Waals surface area contributed by atoms with Gasteiger partial charge in [0.15, 0.2) is 0 Å². The van der Waals surface area contributed by atoms with E-state index in [2.05, 4.69) is 20.9 Å². The average Bonchev–Trinajstić information content (AvgIpc) is 2.67. The minimum absolute atomic E-state index is 0.642. The number of hydrogen-bond donors (Lipinski definition) is 0. The summed E-state index contributed by atoms with van der Waals surface area (Å²) in [6, 6.07) is 5.55. The van der Waals surface area contributed by atoms with Crippen molar-refractivity contribution in [3.8, 4) is 16.7 Å². The molecule has 5 heteroatoms. The summed E-state index contributed by atoms with van der Waals surface area (Å²) in [5.41, 5.74) is 0.963. The largest absolute Gasteiger partial charge is 0.497 e. The van der Waals surface area contributed by atoms with Crippen LogP contribution in [0.1, 0.15) is 5.69 Å². The standard InChI is InChI=1S/C11H10BrNO2S/c1-7-6-16-11(13-7)15-10-4-3-8(14-2)5-9(10)12/h3-6H,1-2H3. The van der Waals surface area contributed by atoms with Gasteiger partial charge < -0.3 is 9.47 Å². The molecule has 0 bridgehead atoms. The number of methoxy groups -OCH3 is 1. The van der Waals surface area contributed by atoms with Crippen LogP contribution in [0.15, 0.2) is 28.1 Å². The predicted molar refractivity (Wildman–Crippen MR) is 67.6 cm³/mol. The van der Waals surface area contributed by atoms with Gasteiger partial charge in [0.2, 0.25) is 0 Å².